The van der Waals surface area contributed by atoms with Gasteiger partial charge in [0.15, 0.2) is 11.5 Å². The van der Waals surface area contributed by atoms with E-state index >= 15 is 0 Å². The van der Waals surface area contributed by atoms with Gasteiger partial charge in [0.1, 0.15) is 12.4 Å². The second-order valence-corrected chi connectivity index (χ2v) is 6.23. The van der Waals surface area contributed by atoms with Gasteiger partial charge in [-0.2, -0.15) is 0 Å². The highest BCUT2D eigenvalue weighted by Gasteiger charge is 2.16. The normalized spacial score (nSPS) is 10.8. The van der Waals surface area contributed by atoms with Crippen molar-refractivity contribution in [2.45, 2.75) is 6.61 Å². The number of ether oxygens (including phenoxy) is 2. The van der Waals surface area contributed by atoms with E-state index in [4.69, 9.17) is 21.1 Å². The fourth-order valence-corrected chi connectivity index (χ4v) is 3.05. The Labute approximate surface area is 156 Å². The molecule has 4 aromatic rings. The number of fused-ring (bicyclic) bond motifs is 1. The highest BCUT2D eigenvalue weighted by atomic mass is 35.5. The molecule has 0 unspecified atom stereocenters. The first-order valence-corrected chi connectivity index (χ1v) is 8.62. The third-order valence-electron chi connectivity index (χ3n) is 4.17. The molecule has 4 rings (SSSR count). The summed E-state index contributed by atoms with van der Waals surface area (Å²) in [6, 6.07) is 21.3. The first-order valence-electron chi connectivity index (χ1n) is 8.24. The Morgan fingerprint density at radius 2 is 1.77 bits per heavy atom. The molecule has 0 bridgehead atoms. The molecule has 130 valence electrons. The summed E-state index contributed by atoms with van der Waals surface area (Å²) in [6.07, 6.45) is 0. The number of aromatic amines is 1. The number of para-hydroxylation sites is 3. The molecule has 5 heteroatoms. The maximum atomic E-state index is 6.24. The van der Waals surface area contributed by atoms with Crippen LogP contribution in [0.3, 0.4) is 0 Å². The van der Waals surface area contributed by atoms with Crippen LogP contribution in [-0.4, -0.2) is 17.1 Å². The Bertz CT molecular complexity index is 1030. The van der Waals surface area contributed by atoms with Crippen molar-refractivity contribution in [1.29, 1.82) is 0 Å². The van der Waals surface area contributed by atoms with Crippen LogP contribution in [0.5, 0.6) is 11.5 Å². The summed E-state index contributed by atoms with van der Waals surface area (Å²) in [5.74, 6) is 2.02. The highest BCUT2D eigenvalue weighted by molar-refractivity contribution is 6.31. The smallest absolute Gasteiger partial charge is 0.172 e. The van der Waals surface area contributed by atoms with E-state index in [0.29, 0.717) is 23.1 Å². The first-order chi connectivity index (χ1) is 12.8. The average Bonchev–Trinajstić information content (AvgIpc) is 3.11. The second kappa shape index (κ2) is 7.10. The van der Waals surface area contributed by atoms with Gasteiger partial charge in [0.05, 0.1) is 23.7 Å². The van der Waals surface area contributed by atoms with Crippen LogP contribution < -0.4 is 9.47 Å². The van der Waals surface area contributed by atoms with E-state index in [9.17, 15) is 0 Å². The van der Waals surface area contributed by atoms with Crippen LogP contribution in [-0.2, 0) is 6.61 Å². The summed E-state index contributed by atoms with van der Waals surface area (Å²) in [5.41, 5.74) is 3.63. The van der Waals surface area contributed by atoms with Crippen molar-refractivity contribution in [3.8, 4) is 22.9 Å². The Morgan fingerprint density at radius 3 is 2.58 bits per heavy atom. The maximum Gasteiger partial charge on any atom is 0.172 e. The molecule has 0 amide bonds. The molecule has 1 N–H and O–H groups in total. The molecule has 26 heavy (non-hydrogen) atoms. The minimum atomic E-state index is 0.341. The molecular weight excluding hydrogens is 348 g/mol. The van der Waals surface area contributed by atoms with Gasteiger partial charge in [-0.15, -0.1) is 0 Å². The predicted molar refractivity (Wildman–Crippen MR) is 104 cm³/mol. The fourth-order valence-electron chi connectivity index (χ4n) is 2.86. The van der Waals surface area contributed by atoms with Crippen LogP contribution >= 0.6 is 11.6 Å². The number of nitrogens with one attached hydrogen (secondary N) is 1. The van der Waals surface area contributed by atoms with E-state index in [0.717, 1.165) is 28.0 Å². The topological polar surface area (TPSA) is 47.1 Å². The Morgan fingerprint density at radius 1 is 0.962 bits per heavy atom. The molecule has 0 aliphatic carbocycles. The molecule has 0 aliphatic rings. The zero-order chi connectivity index (χ0) is 17.9. The maximum absolute atomic E-state index is 6.24. The lowest BCUT2D eigenvalue weighted by molar-refractivity contribution is 0.286. The van der Waals surface area contributed by atoms with Crippen molar-refractivity contribution in [2.75, 3.05) is 7.11 Å². The number of benzene rings is 3. The molecule has 4 nitrogen and oxygen atoms in total. The Hall–Kier alpha value is -2.98. The van der Waals surface area contributed by atoms with Gasteiger partial charge >= 0.3 is 0 Å². The van der Waals surface area contributed by atoms with Crippen LogP contribution in [0.15, 0.2) is 66.7 Å². The van der Waals surface area contributed by atoms with Gasteiger partial charge in [-0.3, -0.25) is 0 Å². The highest BCUT2D eigenvalue weighted by Crippen LogP contribution is 2.38. The zero-order valence-corrected chi connectivity index (χ0v) is 15.0. The molecule has 0 saturated heterocycles. The van der Waals surface area contributed by atoms with E-state index in [1.54, 1.807) is 7.11 Å². The summed E-state index contributed by atoms with van der Waals surface area (Å²) in [6.45, 7) is 0.341. The standard InChI is InChI=1S/C21H17ClN2O2/c1-25-19-12-6-8-15(21-23-17-10-4-5-11-18(17)24-21)20(19)26-13-14-7-2-3-9-16(14)22/h2-12H,13H2,1H3,(H,23,24). The zero-order valence-electron chi connectivity index (χ0n) is 14.2. The number of hydrogen-bond acceptors (Lipinski definition) is 3. The minimum Gasteiger partial charge on any atom is -0.493 e. The average molecular weight is 365 g/mol. The van der Waals surface area contributed by atoms with Crippen molar-refractivity contribution >= 4 is 22.6 Å². The third-order valence-corrected chi connectivity index (χ3v) is 4.54. The van der Waals surface area contributed by atoms with Gasteiger partial charge < -0.3 is 14.5 Å². The van der Waals surface area contributed by atoms with Crippen molar-refractivity contribution in [2.24, 2.45) is 0 Å². The molecule has 0 fully saturated rings. The number of methoxy groups -OCH3 is 1. The Balaban J connectivity index is 1.74. The molecule has 0 atom stereocenters. The second-order valence-electron chi connectivity index (χ2n) is 5.82. The summed E-state index contributed by atoms with van der Waals surface area (Å²) >= 11 is 6.24. The number of aromatic nitrogens is 2. The van der Waals surface area contributed by atoms with Gasteiger partial charge in [0, 0.05) is 10.6 Å². The van der Waals surface area contributed by atoms with E-state index in [2.05, 4.69) is 9.97 Å². The van der Waals surface area contributed by atoms with Crippen LogP contribution in [0, 0.1) is 0 Å². The molecule has 0 spiro atoms. The van der Waals surface area contributed by atoms with E-state index in [1.165, 1.54) is 0 Å². The molecule has 0 radical (unpaired) electrons. The summed E-state index contributed by atoms with van der Waals surface area (Å²) in [4.78, 5) is 8.01. The summed E-state index contributed by atoms with van der Waals surface area (Å²) < 4.78 is 11.6. The molecule has 1 aromatic heterocycles. The van der Waals surface area contributed by atoms with Gasteiger partial charge in [-0.25, -0.2) is 4.98 Å². The van der Waals surface area contributed by atoms with Gasteiger partial charge in [0.25, 0.3) is 0 Å². The van der Waals surface area contributed by atoms with E-state index in [1.807, 2.05) is 66.7 Å². The monoisotopic (exact) mass is 364 g/mol. The Kier molecular flexibility index (Phi) is 4.50. The number of H-pyrrole nitrogens is 1. The summed E-state index contributed by atoms with van der Waals surface area (Å²) in [7, 11) is 1.63. The molecule has 0 saturated carbocycles. The lowest BCUT2D eigenvalue weighted by atomic mass is 10.1. The predicted octanol–water partition coefficient (Wildman–Crippen LogP) is 5.47. The lowest BCUT2D eigenvalue weighted by Gasteiger charge is -2.14. The largest absolute Gasteiger partial charge is 0.493 e. The van der Waals surface area contributed by atoms with Crippen molar-refractivity contribution in [3.63, 3.8) is 0 Å². The number of hydrogen-bond donors (Lipinski definition) is 1. The van der Waals surface area contributed by atoms with E-state index in [-0.39, 0.29) is 0 Å². The number of nitrogens with zero attached hydrogens (tertiary/aromatic N) is 1. The fraction of sp³-hybridized carbons (Fsp3) is 0.0952. The van der Waals surface area contributed by atoms with Crippen molar-refractivity contribution in [3.05, 3.63) is 77.3 Å². The van der Waals surface area contributed by atoms with Crippen LogP contribution in [0.1, 0.15) is 5.56 Å². The van der Waals surface area contributed by atoms with Crippen molar-refractivity contribution in [1.82, 2.24) is 9.97 Å². The van der Waals surface area contributed by atoms with Crippen molar-refractivity contribution < 1.29 is 9.47 Å². The molecule has 0 aliphatic heterocycles. The first kappa shape index (κ1) is 16.5. The van der Waals surface area contributed by atoms with Gasteiger partial charge in [-0.05, 0) is 30.3 Å². The lowest BCUT2D eigenvalue weighted by Crippen LogP contribution is -2.00. The van der Waals surface area contributed by atoms with Crippen LogP contribution in [0.25, 0.3) is 22.4 Å². The number of rotatable bonds is 5. The number of halogens is 1. The quantitative estimate of drug-likeness (QED) is 0.510. The molecular formula is C21H17ClN2O2. The molecule has 1 heterocycles. The number of imidazole rings is 1. The van der Waals surface area contributed by atoms with Crippen LogP contribution in [0.2, 0.25) is 5.02 Å². The van der Waals surface area contributed by atoms with Gasteiger partial charge in [0.2, 0.25) is 0 Å². The van der Waals surface area contributed by atoms with Gasteiger partial charge in [-0.1, -0.05) is 48.0 Å². The SMILES string of the molecule is COc1cccc(-c2nc3ccccc3[nH]2)c1OCc1ccccc1Cl. The van der Waals surface area contributed by atoms with E-state index < -0.39 is 0 Å². The minimum absolute atomic E-state index is 0.341. The summed E-state index contributed by atoms with van der Waals surface area (Å²) in [5, 5.41) is 0.674. The third kappa shape index (κ3) is 3.11. The van der Waals surface area contributed by atoms with Crippen LogP contribution in [0.4, 0.5) is 0 Å². The molecule has 3 aromatic carbocycles.